The Balaban J connectivity index is 2.85. The van der Waals surface area contributed by atoms with Gasteiger partial charge in [-0.2, -0.15) is 4.98 Å². The van der Waals surface area contributed by atoms with Crippen LogP contribution in [0.2, 0.25) is 0 Å². The predicted molar refractivity (Wildman–Crippen MR) is 98.8 cm³/mol. The van der Waals surface area contributed by atoms with Gasteiger partial charge in [-0.05, 0) is 38.3 Å². The molecule has 0 saturated heterocycles. The van der Waals surface area contributed by atoms with Crippen molar-refractivity contribution in [1.29, 1.82) is 0 Å². The highest BCUT2D eigenvalue weighted by Gasteiger charge is 2.13. The van der Waals surface area contributed by atoms with E-state index in [9.17, 15) is 5.11 Å². The minimum Gasteiger partial charge on any atom is -0.484 e. The Morgan fingerprint density at radius 2 is 2.21 bits per heavy atom. The fourth-order valence-corrected chi connectivity index (χ4v) is 2.23. The number of nitrogens with zero attached hydrogens (tertiary/aromatic N) is 3. The molecule has 0 radical (unpaired) electrons. The zero-order chi connectivity index (χ0) is 17.9. The predicted octanol–water partition coefficient (Wildman–Crippen LogP) is 2.44. The molecular weight excluding hydrogens is 306 g/mol. The minimum atomic E-state index is 0.114. The summed E-state index contributed by atoms with van der Waals surface area (Å²) >= 11 is 0. The SMILES string of the molecule is CCCC(CCO)Nc1nc(N)ncc1OC/C(C)=C/C(C)=NC. The number of allylic oxidation sites excluding steroid dienone is 1. The van der Waals surface area contributed by atoms with Crippen molar-refractivity contribution in [3.63, 3.8) is 0 Å². The van der Waals surface area contributed by atoms with Gasteiger partial charge in [0.25, 0.3) is 0 Å². The van der Waals surface area contributed by atoms with E-state index in [1.54, 1.807) is 13.2 Å². The molecule has 1 aromatic heterocycles. The molecule has 0 aliphatic carbocycles. The van der Waals surface area contributed by atoms with Crippen molar-refractivity contribution in [1.82, 2.24) is 9.97 Å². The maximum Gasteiger partial charge on any atom is 0.222 e. The van der Waals surface area contributed by atoms with Gasteiger partial charge in [0.05, 0.1) is 6.20 Å². The van der Waals surface area contributed by atoms with Crippen LogP contribution in [0, 0.1) is 0 Å². The molecule has 0 saturated carbocycles. The van der Waals surface area contributed by atoms with E-state index in [2.05, 4.69) is 27.2 Å². The number of hydrogen-bond donors (Lipinski definition) is 3. The van der Waals surface area contributed by atoms with E-state index in [0.29, 0.717) is 24.6 Å². The molecule has 4 N–H and O–H groups in total. The van der Waals surface area contributed by atoms with Gasteiger partial charge in [0.1, 0.15) is 6.61 Å². The summed E-state index contributed by atoms with van der Waals surface area (Å²) in [5.41, 5.74) is 7.68. The van der Waals surface area contributed by atoms with Gasteiger partial charge < -0.3 is 20.9 Å². The van der Waals surface area contributed by atoms with Gasteiger partial charge >= 0.3 is 0 Å². The van der Waals surface area contributed by atoms with Crippen molar-refractivity contribution in [2.75, 3.05) is 31.3 Å². The van der Waals surface area contributed by atoms with E-state index in [1.807, 2.05) is 19.9 Å². The van der Waals surface area contributed by atoms with Gasteiger partial charge in [0.2, 0.25) is 5.95 Å². The van der Waals surface area contributed by atoms with Gasteiger partial charge in [-0.1, -0.05) is 13.3 Å². The van der Waals surface area contributed by atoms with Gasteiger partial charge in [-0.25, -0.2) is 4.98 Å². The Kier molecular flexibility index (Phi) is 8.78. The lowest BCUT2D eigenvalue weighted by atomic mass is 10.1. The topological polar surface area (TPSA) is 106 Å². The second-order valence-electron chi connectivity index (χ2n) is 5.73. The monoisotopic (exact) mass is 335 g/mol. The standard InChI is InChI=1S/C17H29N5O2/c1-5-6-14(7-8-23)21-16-15(10-20-17(18)22-16)24-11-12(2)9-13(3)19-4/h9-10,14,23H,5-8,11H2,1-4H3,(H3,18,20,21,22)/b12-9+,19-13?. The van der Waals surface area contributed by atoms with E-state index in [-0.39, 0.29) is 18.6 Å². The van der Waals surface area contributed by atoms with E-state index in [0.717, 1.165) is 24.1 Å². The van der Waals surface area contributed by atoms with Crippen LogP contribution in [0.5, 0.6) is 5.75 Å². The Hall–Kier alpha value is -2.15. The van der Waals surface area contributed by atoms with Crippen molar-refractivity contribution < 1.29 is 9.84 Å². The Labute approximate surface area is 144 Å². The summed E-state index contributed by atoms with van der Waals surface area (Å²) in [5.74, 6) is 1.29. The molecule has 24 heavy (non-hydrogen) atoms. The molecule has 7 nitrogen and oxygen atoms in total. The molecule has 1 aromatic rings. The van der Waals surface area contributed by atoms with Crippen LogP contribution in [0.1, 0.15) is 40.0 Å². The highest BCUT2D eigenvalue weighted by Crippen LogP contribution is 2.24. The molecule has 0 aromatic carbocycles. The van der Waals surface area contributed by atoms with Crippen LogP contribution in [-0.4, -0.2) is 47.1 Å². The number of nitrogen functional groups attached to an aromatic ring is 1. The summed E-state index contributed by atoms with van der Waals surface area (Å²) in [6.45, 7) is 6.54. The number of nitrogens with one attached hydrogen (secondary N) is 1. The number of anilines is 2. The van der Waals surface area contributed by atoms with Gasteiger partial charge in [0, 0.05) is 25.4 Å². The van der Waals surface area contributed by atoms with Crippen LogP contribution in [0.25, 0.3) is 0 Å². The van der Waals surface area contributed by atoms with E-state index in [1.165, 1.54) is 0 Å². The van der Waals surface area contributed by atoms with E-state index in [4.69, 9.17) is 10.5 Å². The van der Waals surface area contributed by atoms with E-state index < -0.39 is 0 Å². The molecule has 0 spiro atoms. The molecule has 0 aliphatic heterocycles. The second-order valence-corrected chi connectivity index (χ2v) is 5.73. The third kappa shape index (κ3) is 6.95. The fourth-order valence-electron chi connectivity index (χ4n) is 2.23. The fraction of sp³-hybridized carbons (Fsp3) is 0.588. The Morgan fingerprint density at radius 3 is 2.83 bits per heavy atom. The lowest BCUT2D eigenvalue weighted by molar-refractivity contribution is 0.276. The molecule has 1 atom stereocenters. The number of hydrogen-bond acceptors (Lipinski definition) is 7. The molecule has 0 amide bonds. The summed E-state index contributed by atoms with van der Waals surface area (Å²) in [6.07, 6.45) is 6.11. The molecule has 134 valence electrons. The zero-order valence-corrected chi connectivity index (χ0v) is 15.0. The first-order chi connectivity index (χ1) is 11.5. The number of rotatable bonds is 10. The van der Waals surface area contributed by atoms with Crippen LogP contribution in [0.4, 0.5) is 11.8 Å². The lowest BCUT2D eigenvalue weighted by Crippen LogP contribution is -2.22. The third-order valence-corrected chi connectivity index (χ3v) is 3.49. The average Bonchev–Trinajstić information content (AvgIpc) is 2.54. The minimum absolute atomic E-state index is 0.114. The summed E-state index contributed by atoms with van der Waals surface area (Å²) in [4.78, 5) is 12.3. The summed E-state index contributed by atoms with van der Waals surface area (Å²) < 4.78 is 5.83. The van der Waals surface area contributed by atoms with Crippen LogP contribution in [0.15, 0.2) is 22.8 Å². The number of aromatic nitrogens is 2. The summed E-state index contributed by atoms with van der Waals surface area (Å²) in [5, 5.41) is 12.5. The Bertz CT molecular complexity index is 566. The lowest BCUT2D eigenvalue weighted by Gasteiger charge is -2.20. The Morgan fingerprint density at radius 1 is 1.46 bits per heavy atom. The van der Waals surface area contributed by atoms with Gasteiger partial charge in [-0.15, -0.1) is 0 Å². The van der Waals surface area contributed by atoms with Crippen molar-refractivity contribution in [3.05, 3.63) is 17.8 Å². The largest absolute Gasteiger partial charge is 0.484 e. The second kappa shape index (κ2) is 10.6. The molecule has 7 heteroatoms. The quantitative estimate of drug-likeness (QED) is 0.567. The first-order valence-electron chi connectivity index (χ1n) is 8.23. The molecule has 0 aliphatic rings. The van der Waals surface area contributed by atoms with Gasteiger partial charge in [0.15, 0.2) is 11.6 Å². The summed E-state index contributed by atoms with van der Waals surface area (Å²) in [6, 6.07) is 0.114. The van der Waals surface area contributed by atoms with Crippen LogP contribution in [0.3, 0.4) is 0 Å². The smallest absolute Gasteiger partial charge is 0.222 e. The molecule has 1 heterocycles. The number of ether oxygens (including phenoxy) is 1. The molecule has 1 unspecified atom stereocenters. The zero-order valence-electron chi connectivity index (χ0n) is 15.0. The van der Waals surface area contributed by atoms with E-state index >= 15 is 0 Å². The third-order valence-electron chi connectivity index (χ3n) is 3.49. The summed E-state index contributed by atoms with van der Waals surface area (Å²) in [7, 11) is 1.75. The van der Waals surface area contributed by atoms with Gasteiger partial charge in [-0.3, -0.25) is 4.99 Å². The molecule has 0 bridgehead atoms. The number of aliphatic imine (C=N–C) groups is 1. The first-order valence-corrected chi connectivity index (χ1v) is 8.23. The van der Waals surface area contributed by atoms with Crippen LogP contribution >= 0.6 is 0 Å². The molecule has 0 fully saturated rings. The van der Waals surface area contributed by atoms with Crippen molar-refractivity contribution >= 4 is 17.5 Å². The number of nitrogens with two attached hydrogens (primary N) is 1. The first kappa shape index (κ1) is 19.9. The average molecular weight is 335 g/mol. The van der Waals surface area contributed by atoms with Crippen molar-refractivity contribution in [3.8, 4) is 5.75 Å². The maximum atomic E-state index is 9.20. The van der Waals surface area contributed by atoms with Crippen LogP contribution < -0.4 is 15.8 Å². The maximum absolute atomic E-state index is 9.20. The molecular formula is C17H29N5O2. The van der Waals surface area contributed by atoms with Crippen molar-refractivity contribution in [2.24, 2.45) is 4.99 Å². The van der Waals surface area contributed by atoms with Crippen LogP contribution in [-0.2, 0) is 0 Å². The van der Waals surface area contributed by atoms with Crippen molar-refractivity contribution in [2.45, 2.75) is 46.1 Å². The highest BCUT2D eigenvalue weighted by atomic mass is 16.5. The molecule has 1 rings (SSSR count). The highest BCUT2D eigenvalue weighted by molar-refractivity contribution is 5.93. The number of aliphatic hydroxyl groups excluding tert-OH is 1. The normalized spacial score (nSPS) is 13.7. The number of aliphatic hydroxyl groups is 1.